The summed E-state index contributed by atoms with van der Waals surface area (Å²) in [5, 5.41) is 0. The Balaban J connectivity index is 0.712. The van der Waals surface area contributed by atoms with E-state index in [1.54, 1.807) is 36.4 Å². The van der Waals surface area contributed by atoms with Gasteiger partial charge in [0.05, 0.1) is 27.9 Å². The first kappa shape index (κ1) is 54.5. The summed E-state index contributed by atoms with van der Waals surface area (Å²) in [5.41, 5.74) is 12.3. The molecule has 11 heteroatoms. The van der Waals surface area contributed by atoms with E-state index in [2.05, 4.69) is 140 Å². The van der Waals surface area contributed by atoms with Crippen molar-refractivity contribution in [1.82, 2.24) is 19.9 Å². The van der Waals surface area contributed by atoms with Crippen LogP contribution in [0.2, 0.25) is 0 Å². The van der Waals surface area contributed by atoms with Gasteiger partial charge in [-0.2, -0.15) is 0 Å². The molecule has 0 bridgehead atoms. The fourth-order valence-corrected chi connectivity index (χ4v) is 11.1. The van der Waals surface area contributed by atoms with E-state index < -0.39 is 22.6 Å². The van der Waals surface area contributed by atoms with Crippen molar-refractivity contribution in [3.05, 3.63) is 273 Å². The molecule has 0 saturated heterocycles. The van der Waals surface area contributed by atoms with Crippen molar-refractivity contribution in [3.8, 4) is 57.2 Å². The van der Waals surface area contributed by atoms with Crippen LogP contribution in [0.15, 0.2) is 206 Å². The van der Waals surface area contributed by atoms with E-state index in [4.69, 9.17) is 24.4 Å². The summed E-state index contributed by atoms with van der Waals surface area (Å²) < 4.78 is 12.3. The van der Waals surface area contributed by atoms with Gasteiger partial charge in [0, 0.05) is 40.0 Å². The highest BCUT2D eigenvalue weighted by Crippen LogP contribution is 2.40. The van der Waals surface area contributed by atoms with Crippen molar-refractivity contribution in [2.75, 3.05) is 11.9 Å². The van der Waals surface area contributed by atoms with Gasteiger partial charge in [0.1, 0.15) is 23.0 Å². The van der Waals surface area contributed by atoms with Gasteiger partial charge in [-0.25, -0.2) is 19.9 Å². The molecule has 10 aromatic rings. The molecule has 3 heterocycles. The Morgan fingerprint density at radius 2 is 0.595 bits per heavy atom. The van der Waals surface area contributed by atoms with Crippen molar-refractivity contribution in [2.45, 2.75) is 71.6 Å². The molecule has 414 valence electrons. The van der Waals surface area contributed by atoms with E-state index in [0.29, 0.717) is 62.8 Å². The van der Waals surface area contributed by atoms with Gasteiger partial charge in [0.15, 0.2) is 17.5 Å². The van der Waals surface area contributed by atoms with Crippen LogP contribution in [0.3, 0.4) is 0 Å². The largest absolute Gasteiger partial charge is 0.457 e. The minimum absolute atomic E-state index is 0.197. The molecule has 84 heavy (non-hydrogen) atoms. The first-order chi connectivity index (χ1) is 40.2. The topological polar surface area (TPSA) is 132 Å². The number of amides is 4. The Morgan fingerprint density at radius 1 is 0.321 bits per heavy atom. The molecule has 0 saturated carbocycles. The molecule has 11 nitrogen and oxygen atoms in total. The number of aromatic nitrogens is 3. The average Bonchev–Trinajstić information content (AvgIpc) is 2.99. The number of anilines is 1. The SMILES string of the molecule is Cc1ccc(-c2nc(-c3ccc(C(C)(C)c4ccc(C)cc4)cc3)nc(-c3ccc(C(C)(C)c4ccc(N5C(=O)c6ccc(Oc7ccc(C(C)(C)c8ccc(Oc9ccc%10c(c9)C(=O)N(C)C%10=O)cc8)cc7)cc6C5=O)cc4)cc3)n2)cc1. The third kappa shape index (κ3) is 10.0. The predicted octanol–water partition coefficient (Wildman–Crippen LogP) is 16.1. The van der Waals surface area contributed by atoms with Crippen molar-refractivity contribution >= 4 is 29.3 Å². The van der Waals surface area contributed by atoms with Crippen LogP contribution in [0.25, 0.3) is 34.2 Å². The van der Waals surface area contributed by atoms with Crippen molar-refractivity contribution in [1.29, 1.82) is 0 Å². The van der Waals surface area contributed by atoms with Gasteiger partial charge < -0.3 is 9.47 Å². The van der Waals surface area contributed by atoms with Crippen LogP contribution in [-0.2, 0) is 16.2 Å². The van der Waals surface area contributed by atoms with Gasteiger partial charge in [0.25, 0.3) is 23.6 Å². The second-order valence-electron chi connectivity index (χ2n) is 23.4. The molecule has 12 rings (SSSR count). The van der Waals surface area contributed by atoms with Crippen LogP contribution < -0.4 is 14.4 Å². The summed E-state index contributed by atoms with van der Waals surface area (Å²) in [6.07, 6.45) is 0. The molecule has 2 aliphatic rings. The lowest BCUT2D eigenvalue weighted by molar-refractivity contribution is 0.0692. The number of benzene rings is 9. The van der Waals surface area contributed by atoms with Gasteiger partial charge in [-0.1, -0.05) is 186 Å². The molecule has 0 atom stereocenters. The normalized spacial score (nSPS) is 13.3. The lowest BCUT2D eigenvalue weighted by Gasteiger charge is -2.27. The number of rotatable bonds is 14. The molecule has 0 radical (unpaired) electrons. The summed E-state index contributed by atoms with van der Waals surface area (Å²) in [4.78, 5) is 70.2. The van der Waals surface area contributed by atoms with E-state index in [0.717, 1.165) is 49.4 Å². The fourth-order valence-electron chi connectivity index (χ4n) is 11.1. The van der Waals surface area contributed by atoms with Gasteiger partial charge in [-0.15, -0.1) is 0 Å². The smallest absolute Gasteiger partial charge is 0.266 e. The minimum Gasteiger partial charge on any atom is -0.457 e. The predicted molar refractivity (Wildman–Crippen MR) is 328 cm³/mol. The molecular weight excluding hydrogens is 1040 g/mol. The van der Waals surface area contributed by atoms with Crippen LogP contribution in [-0.4, -0.2) is 50.5 Å². The zero-order valence-electron chi connectivity index (χ0n) is 48.3. The van der Waals surface area contributed by atoms with E-state index in [-0.39, 0.29) is 22.8 Å². The van der Waals surface area contributed by atoms with E-state index >= 15 is 0 Å². The minimum atomic E-state index is -0.455. The first-order valence-electron chi connectivity index (χ1n) is 28.0. The third-order valence-corrected chi connectivity index (χ3v) is 16.8. The Hall–Kier alpha value is -10.1. The maximum Gasteiger partial charge on any atom is 0.266 e. The quantitative estimate of drug-likeness (QED) is 0.0976. The highest BCUT2D eigenvalue weighted by atomic mass is 16.5. The van der Waals surface area contributed by atoms with Gasteiger partial charge in [-0.3, -0.25) is 24.1 Å². The highest BCUT2D eigenvalue weighted by Gasteiger charge is 2.38. The zero-order chi connectivity index (χ0) is 58.8. The molecule has 9 aromatic carbocycles. The van der Waals surface area contributed by atoms with E-state index in [1.807, 2.05) is 84.9 Å². The van der Waals surface area contributed by atoms with Crippen molar-refractivity contribution in [2.24, 2.45) is 0 Å². The summed E-state index contributed by atoms with van der Waals surface area (Å²) in [5.74, 6) is 2.33. The van der Waals surface area contributed by atoms with E-state index in [1.165, 1.54) is 28.6 Å². The molecule has 0 aliphatic carbocycles. The molecule has 4 amide bonds. The summed E-state index contributed by atoms with van der Waals surface area (Å²) in [6.45, 7) is 17.2. The lowest BCUT2D eigenvalue weighted by atomic mass is 9.78. The van der Waals surface area contributed by atoms with Gasteiger partial charge >= 0.3 is 0 Å². The maximum atomic E-state index is 14.1. The number of hydrogen-bond donors (Lipinski definition) is 0. The average molecular weight is 1100 g/mol. The number of carbonyl (C=O) groups excluding carboxylic acids is 4. The number of hydrogen-bond acceptors (Lipinski definition) is 9. The molecule has 0 unspecified atom stereocenters. The monoisotopic (exact) mass is 1100 g/mol. The fraction of sp³-hybridized carbons (Fsp3) is 0.164. The molecule has 0 fully saturated rings. The molecule has 0 spiro atoms. The Bertz CT molecular complexity index is 4230. The summed E-state index contributed by atoms with van der Waals surface area (Å²) in [6, 6.07) is 66.8. The highest BCUT2D eigenvalue weighted by molar-refractivity contribution is 6.34. The third-order valence-electron chi connectivity index (χ3n) is 16.8. The second kappa shape index (κ2) is 21.0. The Kier molecular flexibility index (Phi) is 13.6. The number of imide groups is 2. The van der Waals surface area contributed by atoms with Crippen LogP contribution in [0.4, 0.5) is 5.69 Å². The summed E-state index contributed by atoms with van der Waals surface area (Å²) in [7, 11) is 1.47. The van der Waals surface area contributed by atoms with Crippen LogP contribution in [0.5, 0.6) is 23.0 Å². The summed E-state index contributed by atoms with van der Waals surface area (Å²) >= 11 is 0. The van der Waals surface area contributed by atoms with Crippen LogP contribution >= 0.6 is 0 Å². The van der Waals surface area contributed by atoms with Crippen molar-refractivity contribution < 1.29 is 28.7 Å². The number of carbonyl (C=O) groups is 4. The molecular formula is C73H61N5O6. The first-order valence-corrected chi connectivity index (χ1v) is 28.0. The van der Waals surface area contributed by atoms with Crippen LogP contribution in [0, 0.1) is 13.8 Å². The van der Waals surface area contributed by atoms with Gasteiger partial charge in [0.2, 0.25) is 0 Å². The number of nitrogens with zero attached hydrogens (tertiary/aromatic N) is 5. The van der Waals surface area contributed by atoms with Crippen LogP contribution in [0.1, 0.15) is 127 Å². The lowest BCUT2D eigenvalue weighted by Crippen LogP contribution is -2.29. The van der Waals surface area contributed by atoms with Crippen molar-refractivity contribution in [3.63, 3.8) is 0 Å². The standard InChI is InChI=1S/C73H61N5O6/c1-44-10-14-46(15-11-44)64-74-65(47-16-22-50(23-17-47)71(3,4)49-20-12-45(2)13-21-49)76-66(75-64)48-18-24-51(25-19-48)72(5,6)52-26-32-55(33-27-52)78-69(81)61-41-39-59(43-63(61)70(78)82)84-57-36-30-54(31-37-57)73(7,8)53-28-34-56(35-29-53)83-58-38-40-60-62(42-58)68(80)77(9)67(60)79/h10-43H,1-9H3. The molecule has 0 N–H and O–H groups in total. The second-order valence-corrected chi connectivity index (χ2v) is 23.4. The maximum absolute atomic E-state index is 14.1. The Labute approximate surface area is 489 Å². The number of fused-ring (bicyclic) bond motifs is 2. The molecule has 2 aliphatic heterocycles. The van der Waals surface area contributed by atoms with E-state index in [9.17, 15) is 19.2 Å². The molecule has 1 aromatic heterocycles. The zero-order valence-corrected chi connectivity index (χ0v) is 48.3. The van der Waals surface area contributed by atoms with Gasteiger partial charge in [-0.05, 0) is 120 Å². The Morgan fingerprint density at radius 3 is 0.988 bits per heavy atom. The number of aryl methyl sites for hydroxylation is 2. The number of ether oxygens (including phenoxy) is 2.